The number of nitrogens with one attached hydrogen (secondary N) is 1. The number of nitrogens with zero attached hydrogens (tertiary/aromatic N) is 5. The van der Waals surface area contributed by atoms with Crippen molar-refractivity contribution in [3.8, 4) is 10.4 Å². The predicted octanol–water partition coefficient (Wildman–Crippen LogP) is 3.23. The van der Waals surface area contributed by atoms with Gasteiger partial charge in [0, 0.05) is 53.5 Å². The van der Waals surface area contributed by atoms with Crippen molar-refractivity contribution in [3.63, 3.8) is 0 Å². The number of primary amides is 1. The Morgan fingerprint density at radius 2 is 1.98 bits per heavy atom. The van der Waals surface area contributed by atoms with Gasteiger partial charge in [0.1, 0.15) is 16.6 Å². The van der Waals surface area contributed by atoms with E-state index in [4.69, 9.17) is 25.6 Å². The van der Waals surface area contributed by atoms with E-state index in [0.717, 1.165) is 41.7 Å². The van der Waals surface area contributed by atoms with Crippen LogP contribution in [0.25, 0.3) is 26.4 Å². The lowest BCUT2D eigenvalue weighted by atomic mass is 9.91. The Balaban J connectivity index is 1.23. The molecule has 0 spiro atoms. The van der Waals surface area contributed by atoms with Gasteiger partial charge in [-0.1, -0.05) is 12.8 Å². The molecule has 6 heterocycles. The molecule has 2 atom stereocenters. The van der Waals surface area contributed by atoms with Gasteiger partial charge in [-0.2, -0.15) is 0 Å². The topological polar surface area (TPSA) is 167 Å². The highest BCUT2D eigenvalue weighted by atomic mass is 32.1. The minimum absolute atomic E-state index is 0.00928. The Morgan fingerprint density at radius 1 is 1.14 bits per heavy atom. The summed E-state index contributed by atoms with van der Waals surface area (Å²) in [5.41, 5.74) is 15.7. The minimum Gasteiger partial charge on any atom is -0.439 e. The number of rotatable bonds is 7. The number of anilines is 2. The molecule has 0 bridgehead atoms. The number of aromatic nitrogens is 4. The van der Waals surface area contributed by atoms with E-state index in [2.05, 4.69) is 15.5 Å². The van der Waals surface area contributed by atoms with E-state index in [0.29, 0.717) is 66.2 Å². The maximum atomic E-state index is 12.9. The molecule has 0 unspecified atom stereocenters. The standard InChI is InChI=1S/C28H30N8O4S2/c29-17-3-1-2-4-18(17)32-28-33-19(23(26(30)38)27-34-31-14-36(27)28)9-15-10-21(41-12-15)16-13-42-25-20(37)11-22(40-24(16)25)35-5-7-39-8-6-35/h10-14,17-18H,1-9,29H2,(H2,30,38)(H,32,33)/t17-,18+/m1/s1. The summed E-state index contributed by atoms with van der Waals surface area (Å²) in [6.07, 6.45) is 5.96. The average molecular weight is 607 g/mol. The summed E-state index contributed by atoms with van der Waals surface area (Å²) in [5, 5.41) is 15.7. The van der Waals surface area contributed by atoms with Gasteiger partial charge in [0.05, 0.1) is 18.9 Å². The number of carbonyl (C=O) groups is 1. The lowest BCUT2D eigenvalue weighted by molar-refractivity contribution is 0.1000. The lowest BCUT2D eigenvalue weighted by Gasteiger charge is -2.30. The van der Waals surface area contributed by atoms with Crippen LogP contribution >= 0.6 is 22.7 Å². The van der Waals surface area contributed by atoms with Crippen molar-refractivity contribution in [3.05, 3.63) is 56.3 Å². The largest absolute Gasteiger partial charge is 0.439 e. The molecule has 0 radical (unpaired) electrons. The first-order valence-corrected chi connectivity index (χ1v) is 15.7. The van der Waals surface area contributed by atoms with Gasteiger partial charge in [0.25, 0.3) is 5.91 Å². The number of thiophene rings is 2. The van der Waals surface area contributed by atoms with Crippen molar-refractivity contribution in [2.75, 3.05) is 36.5 Å². The van der Waals surface area contributed by atoms with Gasteiger partial charge in [-0.3, -0.25) is 14.0 Å². The zero-order chi connectivity index (χ0) is 28.8. The molecule has 5 aromatic heterocycles. The molecule has 218 valence electrons. The smallest absolute Gasteiger partial charge is 0.254 e. The summed E-state index contributed by atoms with van der Waals surface area (Å²) in [6.45, 7) is 2.54. The SMILES string of the molecule is NC(=O)c1c(Cc2csc(-c3csc4c(=O)cc(N5CCOCC5)oc34)c2)nc(N[C@H]2CCCC[C@H]2N)n2cnnc12. The molecule has 12 nitrogen and oxygen atoms in total. The normalized spacial score (nSPS) is 19.5. The van der Waals surface area contributed by atoms with Crippen molar-refractivity contribution in [1.82, 2.24) is 19.6 Å². The molecule has 5 aromatic rings. The molecule has 1 saturated carbocycles. The number of amides is 1. The average Bonchev–Trinajstić information content (AvgIpc) is 3.75. The lowest BCUT2D eigenvalue weighted by Crippen LogP contribution is -2.43. The molecule has 1 saturated heterocycles. The van der Waals surface area contributed by atoms with Gasteiger partial charge in [-0.25, -0.2) is 4.98 Å². The second-order valence-electron chi connectivity index (χ2n) is 10.7. The number of nitrogens with two attached hydrogens (primary N) is 2. The molecular formula is C28H30N8O4S2. The first-order valence-electron chi connectivity index (χ1n) is 14.0. The monoisotopic (exact) mass is 606 g/mol. The number of carbonyl (C=O) groups excluding carboxylic acids is 1. The number of morpholine rings is 1. The molecule has 0 aromatic carbocycles. The van der Waals surface area contributed by atoms with Crippen LogP contribution < -0.4 is 27.1 Å². The Morgan fingerprint density at radius 3 is 2.79 bits per heavy atom. The molecule has 2 fully saturated rings. The molecule has 14 heteroatoms. The fourth-order valence-corrected chi connectivity index (χ4v) is 7.66. The summed E-state index contributed by atoms with van der Waals surface area (Å²) < 4.78 is 14.0. The van der Waals surface area contributed by atoms with Gasteiger partial charge in [0.2, 0.25) is 11.4 Å². The van der Waals surface area contributed by atoms with Gasteiger partial charge in [0.15, 0.2) is 17.1 Å². The second-order valence-corrected chi connectivity index (χ2v) is 12.5. The van der Waals surface area contributed by atoms with Crippen LogP contribution in [0.15, 0.2) is 38.4 Å². The fourth-order valence-electron chi connectivity index (χ4n) is 5.76. The van der Waals surface area contributed by atoms with Crippen molar-refractivity contribution in [2.45, 2.75) is 44.2 Å². The zero-order valence-electron chi connectivity index (χ0n) is 22.7. The van der Waals surface area contributed by atoms with Crippen LogP contribution in [-0.4, -0.2) is 63.9 Å². The van der Waals surface area contributed by atoms with Gasteiger partial charge >= 0.3 is 0 Å². The molecule has 1 aliphatic carbocycles. The first kappa shape index (κ1) is 27.0. The van der Waals surface area contributed by atoms with E-state index in [1.807, 2.05) is 21.7 Å². The van der Waals surface area contributed by atoms with Gasteiger partial charge in [-0.15, -0.1) is 32.9 Å². The maximum Gasteiger partial charge on any atom is 0.254 e. The summed E-state index contributed by atoms with van der Waals surface area (Å²) in [4.78, 5) is 33.4. The van der Waals surface area contributed by atoms with Crippen molar-refractivity contribution in [2.24, 2.45) is 11.5 Å². The van der Waals surface area contributed by atoms with Gasteiger partial charge in [-0.05, 0) is 29.9 Å². The van der Waals surface area contributed by atoms with E-state index in [9.17, 15) is 9.59 Å². The first-order chi connectivity index (χ1) is 20.5. The van der Waals surface area contributed by atoms with Crippen LogP contribution in [0.1, 0.15) is 47.3 Å². The summed E-state index contributed by atoms with van der Waals surface area (Å²) in [5.74, 6) is 0.476. The minimum atomic E-state index is -0.617. The highest BCUT2D eigenvalue weighted by molar-refractivity contribution is 7.18. The molecule has 2 aliphatic rings. The highest BCUT2D eigenvalue weighted by Crippen LogP contribution is 2.38. The number of fused-ring (bicyclic) bond motifs is 2. The second kappa shape index (κ2) is 11.1. The number of hydrogen-bond acceptors (Lipinski definition) is 12. The Bertz CT molecular complexity index is 1840. The third-order valence-corrected chi connectivity index (χ3v) is 9.94. The maximum absolute atomic E-state index is 12.9. The van der Waals surface area contributed by atoms with Crippen LogP contribution in [0.2, 0.25) is 0 Å². The third kappa shape index (κ3) is 4.93. The summed E-state index contributed by atoms with van der Waals surface area (Å²) >= 11 is 2.92. The van der Waals surface area contributed by atoms with Crippen molar-refractivity contribution >= 4 is 56.3 Å². The van der Waals surface area contributed by atoms with Crippen molar-refractivity contribution in [1.29, 1.82) is 0 Å². The van der Waals surface area contributed by atoms with E-state index < -0.39 is 5.91 Å². The van der Waals surface area contributed by atoms with E-state index in [1.54, 1.807) is 21.8 Å². The Kier molecular flexibility index (Phi) is 7.14. The van der Waals surface area contributed by atoms with Gasteiger partial charge < -0.3 is 30.8 Å². The number of hydrogen-bond donors (Lipinski definition) is 3. The van der Waals surface area contributed by atoms with Crippen LogP contribution in [0.4, 0.5) is 11.8 Å². The summed E-state index contributed by atoms with van der Waals surface area (Å²) in [6, 6.07) is 3.67. The molecule has 5 N–H and O–H groups in total. The van der Waals surface area contributed by atoms with E-state index >= 15 is 0 Å². The Hall–Kier alpha value is -3.85. The van der Waals surface area contributed by atoms with E-state index in [1.165, 1.54) is 17.7 Å². The highest BCUT2D eigenvalue weighted by Gasteiger charge is 2.26. The molecular weight excluding hydrogens is 576 g/mol. The van der Waals surface area contributed by atoms with E-state index in [-0.39, 0.29) is 23.1 Å². The van der Waals surface area contributed by atoms with Crippen molar-refractivity contribution < 1.29 is 13.9 Å². The molecule has 1 amide bonds. The van der Waals surface area contributed by atoms with Crippen LogP contribution in [0.3, 0.4) is 0 Å². The third-order valence-electron chi connectivity index (χ3n) is 7.95. The molecule has 1 aliphatic heterocycles. The zero-order valence-corrected chi connectivity index (χ0v) is 24.4. The fraction of sp³-hybridized carbons (Fsp3) is 0.393. The van der Waals surface area contributed by atoms with Crippen LogP contribution in [0, 0.1) is 0 Å². The molecule has 42 heavy (non-hydrogen) atoms. The number of ether oxygens (including phenoxy) is 1. The van der Waals surface area contributed by atoms with Crippen LogP contribution in [-0.2, 0) is 11.2 Å². The molecule has 7 rings (SSSR count). The predicted molar refractivity (Wildman–Crippen MR) is 163 cm³/mol. The summed E-state index contributed by atoms with van der Waals surface area (Å²) in [7, 11) is 0. The van der Waals surface area contributed by atoms with Crippen LogP contribution in [0.5, 0.6) is 0 Å². The Labute approximate surface area is 248 Å². The quantitative estimate of drug-likeness (QED) is 0.250.